The van der Waals surface area contributed by atoms with Gasteiger partial charge in [-0.2, -0.15) is 0 Å². The topological polar surface area (TPSA) is 24.9 Å². The second kappa shape index (κ2) is 10.8. The lowest BCUT2D eigenvalue weighted by molar-refractivity contribution is 0.676. The minimum absolute atomic E-state index is 0. The number of unbranched alkanes of at least 4 members (excludes halogenated alkanes) is 1. The van der Waals surface area contributed by atoms with Crippen LogP contribution in [0.25, 0.3) is 0 Å². The van der Waals surface area contributed by atoms with Crippen molar-refractivity contribution in [2.75, 3.05) is 13.6 Å². The molecule has 0 aliphatic rings. The number of halogens is 2. The van der Waals surface area contributed by atoms with Crippen LogP contribution in [0.15, 0.2) is 24.5 Å². The Morgan fingerprint density at radius 3 is 2.64 bits per heavy atom. The minimum atomic E-state index is 0. The number of aromatic nitrogens is 1. The number of rotatable bonds is 5. The fourth-order valence-corrected chi connectivity index (χ4v) is 1.18. The van der Waals surface area contributed by atoms with Gasteiger partial charge in [0.05, 0.1) is 0 Å². The molecule has 14 heavy (non-hydrogen) atoms. The molecule has 4 heteroatoms. The third-order valence-electron chi connectivity index (χ3n) is 1.87. The maximum Gasteiger partial charge on any atom is 0.0299 e. The van der Waals surface area contributed by atoms with Gasteiger partial charge in [0, 0.05) is 12.4 Å². The summed E-state index contributed by atoms with van der Waals surface area (Å²) < 4.78 is 0. The zero-order valence-corrected chi connectivity index (χ0v) is 10.0. The summed E-state index contributed by atoms with van der Waals surface area (Å²) in [6, 6.07) is 4.12. The molecule has 0 saturated heterocycles. The highest BCUT2D eigenvalue weighted by Gasteiger charge is 1.91. The average Bonchev–Trinajstić information content (AvgIpc) is 2.14. The molecule has 0 aromatic carbocycles. The third-order valence-corrected chi connectivity index (χ3v) is 1.87. The lowest BCUT2D eigenvalue weighted by Crippen LogP contribution is -2.07. The summed E-state index contributed by atoms with van der Waals surface area (Å²) in [6.07, 6.45) is 7.39. The molecule has 0 fully saturated rings. The number of nitrogens with one attached hydrogen (secondary N) is 1. The van der Waals surface area contributed by atoms with Gasteiger partial charge in [-0.3, -0.25) is 4.98 Å². The highest BCUT2D eigenvalue weighted by molar-refractivity contribution is 5.85. The van der Waals surface area contributed by atoms with Gasteiger partial charge in [-0.25, -0.2) is 0 Å². The maximum absolute atomic E-state index is 4.07. The second-order valence-corrected chi connectivity index (χ2v) is 2.92. The molecule has 82 valence electrons. The molecule has 0 bridgehead atoms. The first-order chi connectivity index (χ1) is 5.93. The van der Waals surface area contributed by atoms with Crippen LogP contribution in [-0.4, -0.2) is 18.6 Å². The predicted octanol–water partition coefficient (Wildman–Crippen LogP) is 2.47. The van der Waals surface area contributed by atoms with Crippen molar-refractivity contribution < 1.29 is 0 Å². The molecule has 0 amide bonds. The summed E-state index contributed by atoms with van der Waals surface area (Å²) in [5, 5.41) is 3.14. The van der Waals surface area contributed by atoms with Crippen molar-refractivity contribution in [2.45, 2.75) is 19.3 Å². The van der Waals surface area contributed by atoms with Crippen molar-refractivity contribution in [2.24, 2.45) is 0 Å². The van der Waals surface area contributed by atoms with Crippen molar-refractivity contribution in [3.05, 3.63) is 30.1 Å². The molecule has 0 aliphatic heterocycles. The Morgan fingerprint density at radius 1 is 1.29 bits per heavy atom. The number of pyridine rings is 1. The van der Waals surface area contributed by atoms with Crippen molar-refractivity contribution in [3.8, 4) is 0 Å². The van der Waals surface area contributed by atoms with Gasteiger partial charge in [0.15, 0.2) is 0 Å². The number of nitrogens with zero attached hydrogens (tertiary/aromatic N) is 1. The first-order valence-electron chi connectivity index (χ1n) is 4.47. The molecule has 0 unspecified atom stereocenters. The SMILES string of the molecule is CNCCCCc1cccnc1.Cl.Cl. The minimum Gasteiger partial charge on any atom is -0.320 e. The van der Waals surface area contributed by atoms with Crippen LogP contribution in [0.5, 0.6) is 0 Å². The van der Waals surface area contributed by atoms with E-state index >= 15 is 0 Å². The highest BCUT2D eigenvalue weighted by atomic mass is 35.5. The van der Waals surface area contributed by atoms with E-state index in [-0.39, 0.29) is 24.8 Å². The van der Waals surface area contributed by atoms with E-state index in [1.165, 1.54) is 18.4 Å². The quantitative estimate of drug-likeness (QED) is 0.796. The van der Waals surface area contributed by atoms with Crippen LogP contribution in [0.1, 0.15) is 18.4 Å². The maximum atomic E-state index is 4.07. The summed E-state index contributed by atoms with van der Waals surface area (Å²) in [4.78, 5) is 4.07. The Kier molecular flexibility index (Phi) is 12.4. The van der Waals surface area contributed by atoms with E-state index in [4.69, 9.17) is 0 Å². The largest absolute Gasteiger partial charge is 0.320 e. The first-order valence-corrected chi connectivity index (χ1v) is 4.47. The summed E-state index contributed by atoms with van der Waals surface area (Å²) >= 11 is 0. The van der Waals surface area contributed by atoms with Crippen LogP contribution in [0.4, 0.5) is 0 Å². The molecule has 1 aromatic heterocycles. The fourth-order valence-electron chi connectivity index (χ4n) is 1.18. The van der Waals surface area contributed by atoms with Gasteiger partial charge < -0.3 is 5.32 Å². The van der Waals surface area contributed by atoms with E-state index in [0.29, 0.717) is 0 Å². The average molecular weight is 237 g/mol. The van der Waals surface area contributed by atoms with Crippen LogP contribution < -0.4 is 5.32 Å². The lowest BCUT2D eigenvalue weighted by atomic mass is 10.1. The van der Waals surface area contributed by atoms with Crippen molar-refractivity contribution in [3.63, 3.8) is 0 Å². The van der Waals surface area contributed by atoms with E-state index in [2.05, 4.69) is 16.4 Å². The standard InChI is InChI=1S/C10H16N2.2ClH/c1-11-7-3-2-5-10-6-4-8-12-9-10;;/h4,6,8-9,11H,2-3,5,7H2,1H3;2*1H. The fraction of sp³-hybridized carbons (Fsp3) is 0.500. The van der Waals surface area contributed by atoms with E-state index in [1.54, 1.807) is 0 Å². The smallest absolute Gasteiger partial charge is 0.0299 e. The van der Waals surface area contributed by atoms with Gasteiger partial charge in [0.2, 0.25) is 0 Å². The van der Waals surface area contributed by atoms with Gasteiger partial charge in [-0.15, -0.1) is 24.8 Å². The zero-order chi connectivity index (χ0) is 8.65. The normalized spacial score (nSPS) is 8.64. The van der Waals surface area contributed by atoms with Crippen LogP contribution in [0, 0.1) is 0 Å². The molecule has 0 saturated carbocycles. The van der Waals surface area contributed by atoms with Crippen LogP contribution in [0.2, 0.25) is 0 Å². The zero-order valence-electron chi connectivity index (χ0n) is 8.40. The number of hydrogen-bond acceptors (Lipinski definition) is 2. The van der Waals surface area contributed by atoms with Gasteiger partial charge in [-0.1, -0.05) is 6.07 Å². The molecular formula is C10H18Cl2N2. The number of hydrogen-bond donors (Lipinski definition) is 1. The van der Waals surface area contributed by atoms with Crippen molar-refractivity contribution in [1.82, 2.24) is 10.3 Å². The van der Waals surface area contributed by atoms with Gasteiger partial charge >= 0.3 is 0 Å². The molecule has 1 rings (SSSR count). The molecule has 0 atom stereocenters. The Balaban J connectivity index is 0. The van der Waals surface area contributed by atoms with Crippen LogP contribution >= 0.6 is 24.8 Å². The molecule has 0 radical (unpaired) electrons. The molecule has 2 nitrogen and oxygen atoms in total. The molecule has 1 heterocycles. The van der Waals surface area contributed by atoms with E-state index in [0.717, 1.165) is 13.0 Å². The molecule has 0 aliphatic carbocycles. The van der Waals surface area contributed by atoms with Gasteiger partial charge in [0.1, 0.15) is 0 Å². The first kappa shape index (κ1) is 16.1. The molecule has 0 spiro atoms. The molecular weight excluding hydrogens is 219 g/mol. The lowest BCUT2D eigenvalue weighted by Gasteiger charge is -1.99. The Labute approximate surface area is 98.3 Å². The van der Waals surface area contributed by atoms with Crippen LogP contribution in [0.3, 0.4) is 0 Å². The Hall–Kier alpha value is -0.310. The number of aryl methyl sites for hydroxylation is 1. The molecule has 1 aromatic rings. The summed E-state index contributed by atoms with van der Waals surface area (Å²) in [6.45, 7) is 1.11. The van der Waals surface area contributed by atoms with E-state index < -0.39 is 0 Å². The monoisotopic (exact) mass is 236 g/mol. The third kappa shape index (κ3) is 7.13. The van der Waals surface area contributed by atoms with E-state index in [9.17, 15) is 0 Å². The second-order valence-electron chi connectivity index (χ2n) is 2.92. The molecule has 1 N–H and O–H groups in total. The van der Waals surface area contributed by atoms with Gasteiger partial charge in [-0.05, 0) is 44.5 Å². The summed E-state index contributed by atoms with van der Waals surface area (Å²) in [5.74, 6) is 0. The summed E-state index contributed by atoms with van der Waals surface area (Å²) in [5.41, 5.74) is 1.34. The van der Waals surface area contributed by atoms with Crippen molar-refractivity contribution in [1.29, 1.82) is 0 Å². The van der Waals surface area contributed by atoms with Crippen molar-refractivity contribution >= 4 is 24.8 Å². The Morgan fingerprint density at radius 2 is 2.07 bits per heavy atom. The predicted molar refractivity (Wildman–Crippen MR) is 65.6 cm³/mol. The van der Waals surface area contributed by atoms with Gasteiger partial charge in [0.25, 0.3) is 0 Å². The summed E-state index contributed by atoms with van der Waals surface area (Å²) in [7, 11) is 1.99. The van der Waals surface area contributed by atoms with E-state index in [1.807, 2.05) is 25.5 Å². The highest BCUT2D eigenvalue weighted by Crippen LogP contribution is 2.01. The Bertz CT molecular complexity index is 205. The van der Waals surface area contributed by atoms with Crippen LogP contribution in [-0.2, 0) is 6.42 Å².